The van der Waals surface area contributed by atoms with Gasteiger partial charge in [-0.05, 0) is 49.7 Å². The van der Waals surface area contributed by atoms with Gasteiger partial charge in [-0.1, -0.05) is 36.8 Å². The second-order valence-corrected chi connectivity index (χ2v) is 9.15. The molecule has 2 aliphatic heterocycles. The highest BCUT2D eigenvalue weighted by molar-refractivity contribution is 5.78. The number of hydrogen-bond donors (Lipinski definition) is 0. The third-order valence-corrected chi connectivity index (χ3v) is 6.20. The van der Waals surface area contributed by atoms with Crippen molar-refractivity contribution in [2.45, 2.75) is 32.5 Å². The zero-order valence-electron chi connectivity index (χ0n) is 21.5. The van der Waals surface area contributed by atoms with Gasteiger partial charge in [-0.2, -0.15) is 23.4 Å². The van der Waals surface area contributed by atoms with Crippen LogP contribution in [-0.4, -0.2) is 37.3 Å². The quantitative estimate of drug-likeness (QED) is 0.170. The second kappa shape index (κ2) is 10.8. The monoisotopic (exact) mass is 549 g/mol. The molecule has 0 saturated carbocycles. The molecule has 0 radical (unpaired) electrons. The summed E-state index contributed by atoms with van der Waals surface area (Å²) >= 11 is 0. The van der Waals surface area contributed by atoms with Gasteiger partial charge in [-0.25, -0.2) is 19.2 Å². The van der Waals surface area contributed by atoms with E-state index in [2.05, 4.69) is 20.2 Å². The van der Waals surface area contributed by atoms with Crippen molar-refractivity contribution in [1.82, 2.24) is 24.7 Å². The van der Waals surface area contributed by atoms with Crippen molar-refractivity contribution in [3.05, 3.63) is 95.7 Å². The number of carbonyl (C=O) groups is 1. The predicted molar refractivity (Wildman–Crippen MR) is 139 cm³/mol. The van der Waals surface area contributed by atoms with Crippen molar-refractivity contribution >= 4 is 5.97 Å². The molecule has 0 amide bonds. The molecule has 0 aliphatic carbocycles. The molecule has 2 aromatic carbocycles. The maximum atomic E-state index is 14.3. The molecule has 3 aromatic rings. The largest absolute Gasteiger partial charge is 0.464 e. The number of ether oxygens (including phenoxy) is 1. The van der Waals surface area contributed by atoms with Gasteiger partial charge < -0.3 is 9.30 Å². The first-order valence-electron chi connectivity index (χ1n) is 12.4. The molecule has 11 heteroatoms. The summed E-state index contributed by atoms with van der Waals surface area (Å²) in [6, 6.07) is 13.4. The van der Waals surface area contributed by atoms with Crippen LogP contribution in [0.15, 0.2) is 73.1 Å². The number of halogens is 4. The van der Waals surface area contributed by atoms with Crippen LogP contribution in [0.4, 0.5) is 17.6 Å². The standard InChI is InChI=1S/C29H23F4N5O2/c1-3-14-40-28(39)26(24-11-10-22(36-37-24)18-9-8-17(2)15-20(18)29(31,32)33)38-13-12-23-25(16-38)35-27(34-23)19-6-4-5-7-21(19)30/h4-13,15-16,26H,3,14H2,1-2H3. The van der Waals surface area contributed by atoms with Crippen LogP contribution in [0.3, 0.4) is 0 Å². The molecule has 5 rings (SSSR count). The Hall–Kier alpha value is -4.67. The molecule has 1 atom stereocenters. The second-order valence-electron chi connectivity index (χ2n) is 9.15. The topological polar surface area (TPSA) is 82.8 Å². The fourth-order valence-corrected chi connectivity index (χ4v) is 4.27. The van der Waals surface area contributed by atoms with E-state index >= 15 is 0 Å². The van der Waals surface area contributed by atoms with Gasteiger partial charge in [0.15, 0.2) is 11.9 Å². The maximum absolute atomic E-state index is 14.3. The number of esters is 1. The van der Waals surface area contributed by atoms with E-state index in [1.54, 1.807) is 49.6 Å². The van der Waals surface area contributed by atoms with Crippen molar-refractivity contribution in [1.29, 1.82) is 0 Å². The number of benzene rings is 2. The third kappa shape index (κ3) is 5.40. The van der Waals surface area contributed by atoms with Gasteiger partial charge in [0.2, 0.25) is 0 Å². The number of alkyl halides is 3. The number of aryl methyl sites for hydroxylation is 1. The molecule has 1 aromatic heterocycles. The van der Waals surface area contributed by atoms with Gasteiger partial charge in [-0.15, -0.1) is 0 Å². The van der Waals surface area contributed by atoms with Crippen molar-refractivity contribution in [2.75, 3.05) is 6.61 Å². The molecule has 0 fully saturated rings. The van der Waals surface area contributed by atoms with Crippen LogP contribution in [0.2, 0.25) is 0 Å². The SMILES string of the molecule is CCCOC(=O)C(c1ccc(-c2ccc(C)cc2C(F)(F)F)nn1)n1ccc2nc(-c3ccccc3F)nc-2c1. The summed E-state index contributed by atoms with van der Waals surface area (Å²) in [6.45, 7) is 3.58. The molecule has 0 saturated heterocycles. The highest BCUT2D eigenvalue weighted by Gasteiger charge is 2.34. The first-order valence-corrected chi connectivity index (χ1v) is 12.4. The van der Waals surface area contributed by atoms with Crippen molar-refractivity contribution in [3.63, 3.8) is 0 Å². The molecule has 2 aliphatic rings. The summed E-state index contributed by atoms with van der Waals surface area (Å²) in [7, 11) is 0. The van der Waals surface area contributed by atoms with Crippen molar-refractivity contribution in [2.24, 2.45) is 0 Å². The number of aromatic nitrogens is 5. The lowest BCUT2D eigenvalue weighted by Gasteiger charge is -2.19. The van der Waals surface area contributed by atoms with E-state index in [9.17, 15) is 22.4 Å². The Bertz CT molecular complexity index is 1630. The van der Waals surface area contributed by atoms with E-state index in [-0.39, 0.29) is 34.9 Å². The Morgan fingerprint density at radius 3 is 2.42 bits per heavy atom. The van der Waals surface area contributed by atoms with Gasteiger partial charge in [-0.3, -0.25) is 0 Å². The van der Waals surface area contributed by atoms with Crippen LogP contribution in [-0.2, 0) is 15.7 Å². The smallest absolute Gasteiger partial charge is 0.417 e. The summed E-state index contributed by atoms with van der Waals surface area (Å²) in [5.74, 6) is -0.906. The number of nitrogens with zero attached hydrogens (tertiary/aromatic N) is 5. The summed E-state index contributed by atoms with van der Waals surface area (Å²) in [5.41, 5.74) is 0.791. The highest BCUT2D eigenvalue weighted by atomic mass is 19.4. The molecule has 7 nitrogen and oxygen atoms in total. The van der Waals surface area contributed by atoms with Crippen LogP contribution in [0, 0.1) is 12.7 Å². The summed E-state index contributed by atoms with van der Waals surface area (Å²) in [4.78, 5) is 22.0. The number of fused-ring (bicyclic) bond motifs is 1. The molecular weight excluding hydrogens is 526 g/mol. The van der Waals surface area contributed by atoms with Gasteiger partial charge in [0.1, 0.15) is 11.5 Å². The van der Waals surface area contributed by atoms with Gasteiger partial charge in [0.05, 0.1) is 34.8 Å². The minimum Gasteiger partial charge on any atom is -0.464 e. The van der Waals surface area contributed by atoms with Crippen LogP contribution in [0.5, 0.6) is 0 Å². The van der Waals surface area contributed by atoms with Crippen molar-refractivity contribution in [3.8, 4) is 34.0 Å². The third-order valence-electron chi connectivity index (χ3n) is 6.20. The molecule has 1 unspecified atom stereocenters. The lowest BCUT2D eigenvalue weighted by molar-refractivity contribution is -0.146. The Morgan fingerprint density at radius 1 is 0.950 bits per heavy atom. The van der Waals surface area contributed by atoms with E-state index in [4.69, 9.17) is 4.74 Å². The van der Waals surface area contributed by atoms with Gasteiger partial charge >= 0.3 is 12.1 Å². The average Bonchev–Trinajstić information content (AvgIpc) is 3.35. The van der Waals surface area contributed by atoms with Crippen LogP contribution >= 0.6 is 0 Å². The first-order chi connectivity index (χ1) is 19.2. The number of rotatable bonds is 7. The predicted octanol–water partition coefficient (Wildman–Crippen LogP) is 6.52. The summed E-state index contributed by atoms with van der Waals surface area (Å²) in [5, 5.41) is 8.16. The normalized spacial score (nSPS) is 12.4. The van der Waals surface area contributed by atoms with Crippen LogP contribution in [0.25, 0.3) is 34.0 Å². The first kappa shape index (κ1) is 26.9. The minimum atomic E-state index is -4.58. The van der Waals surface area contributed by atoms with E-state index in [1.807, 2.05) is 6.92 Å². The number of pyridine rings is 1. The number of imidazole rings is 1. The minimum absolute atomic E-state index is 0.00799. The fraction of sp³-hybridized carbons (Fsp3) is 0.207. The van der Waals surface area contributed by atoms with Crippen LogP contribution in [0.1, 0.15) is 36.2 Å². The van der Waals surface area contributed by atoms with E-state index in [0.29, 0.717) is 23.4 Å². The average molecular weight is 550 g/mol. The zero-order valence-corrected chi connectivity index (χ0v) is 21.5. The van der Waals surface area contributed by atoms with E-state index < -0.39 is 29.6 Å². The van der Waals surface area contributed by atoms with E-state index in [1.165, 1.54) is 28.8 Å². The highest BCUT2D eigenvalue weighted by Crippen LogP contribution is 2.37. The maximum Gasteiger partial charge on any atom is 0.417 e. The van der Waals surface area contributed by atoms with Gasteiger partial charge in [0.25, 0.3) is 0 Å². The summed E-state index contributed by atoms with van der Waals surface area (Å²) < 4.78 is 62.3. The summed E-state index contributed by atoms with van der Waals surface area (Å²) in [6.07, 6.45) is -0.860. The Morgan fingerprint density at radius 2 is 1.73 bits per heavy atom. The molecule has 40 heavy (non-hydrogen) atoms. The molecule has 3 heterocycles. The Labute approximate surface area is 226 Å². The zero-order chi connectivity index (χ0) is 28.4. The van der Waals surface area contributed by atoms with Crippen LogP contribution < -0.4 is 0 Å². The van der Waals surface area contributed by atoms with Crippen molar-refractivity contribution < 1.29 is 27.1 Å². The number of carbonyl (C=O) groups excluding carboxylic acids is 1. The molecule has 0 N–H and O–H groups in total. The molecule has 0 spiro atoms. The molecule has 0 bridgehead atoms. The lowest BCUT2D eigenvalue weighted by atomic mass is 10.0. The van der Waals surface area contributed by atoms with E-state index in [0.717, 1.165) is 6.07 Å². The van der Waals surface area contributed by atoms with Gasteiger partial charge in [0, 0.05) is 18.0 Å². The lowest BCUT2D eigenvalue weighted by Crippen LogP contribution is -2.25. The Balaban J connectivity index is 1.54. The Kier molecular flexibility index (Phi) is 7.29. The number of hydrogen-bond acceptors (Lipinski definition) is 6. The molecular formula is C29H23F4N5O2. The fourth-order valence-electron chi connectivity index (χ4n) is 4.27. The molecule has 204 valence electrons.